The molecule has 4 nitrogen and oxygen atoms in total. The number of nitrogens with one attached hydrogen (secondary N) is 1. The minimum absolute atomic E-state index is 0. The molecular weight excluding hydrogens is 261 g/mol. The monoisotopic (exact) mass is 275 g/mol. The zero-order valence-corrected chi connectivity index (χ0v) is 10.8. The second kappa shape index (κ2) is 6.10. The summed E-state index contributed by atoms with van der Waals surface area (Å²) in [5, 5.41) is 3.46. The molecule has 0 spiro atoms. The fourth-order valence-electron chi connectivity index (χ4n) is 1.71. The molecule has 1 saturated heterocycles. The molecule has 1 aromatic carbocycles. The van der Waals surface area contributed by atoms with E-state index in [-0.39, 0.29) is 24.5 Å². The van der Waals surface area contributed by atoms with Gasteiger partial charge < -0.3 is 16.0 Å². The number of likely N-dealkylation sites (tertiary alicyclic amines) is 1. The van der Waals surface area contributed by atoms with Gasteiger partial charge in [-0.1, -0.05) is 11.6 Å². The third-order valence-corrected chi connectivity index (χ3v) is 2.86. The molecule has 3 N–H and O–H groups in total. The second-order valence-corrected chi connectivity index (χ2v) is 4.37. The summed E-state index contributed by atoms with van der Waals surface area (Å²) in [5.41, 5.74) is 6.48. The van der Waals surface area contributed by atoms with Crippen LogP contribution < -0.4 is 11.1 Å². The molecule has 0 aromatic heterocycles. The van der Waals surface area contributed by atoms with Gasteiger partial charge in [0, 0.05) is 29.8 Å². The molecule has 1 aliphatic heterocycles. The highest BCUT2D eigenvalue weighted by atomic mass is 35.5. The van der Waals surface area contributed by atoms with E-state index in [0.717, 1.165) is 18.7 Å². The zero-order chi connectivity index (χ0) is 11.5. The van der Waals surface area contributed by atoms with Crippen molar-refractivity contribution in [2.75, 3.05) is 18.4 Å². The molecule has 2 amide bonds. The molecule has 1 heterocycles. The van der Waals surface area contributed by atoms with Crippen LogP contribution in [0.4, 0.5) is 10.5 Å². The lowest BCUT2D eigenvalue weighted by Gasteiger charge is -2.16. The first-order valence-electron chi connectivity index (χ1n) is 5.22. The molecule has 0 bridgehead atoms. The number of halogens is 2. The molecule has 0 unspecified atom stereocenters. The van der Waals surface area contributed by atoms with Gasteiger partial charge in [0.2, 0.25) is 0 Å². The summed E-state index contributed by atoms with van der Waals surface area (Å²) in [6.45, 7) is 1.35. The Morgan fingerprint density at radius 3 is 2.59 bits per heavy atom. The molecule has 2 rings (SSSR count). The van der Waals surface area contributed by atoms with Crippen LogP contribution in [0.15, 0.2) is 24.3 Å². The van der Waals surface area contributed by atoms with Crippen molar-refractivity contribution in [2.24, 2.45) is 5.73 Å². The van der Waals surface area contributed by atoms with Gasteiger partial charge in [0.25, 0.3) is 0 Å². The number of nitrogens with two attached hydrogens (primary N) is 1. The van der Waals surface area contributed by atoms with E-state index >= 15 is 0 Å². The zero-order valence-electron chi connectivity index (χ0n) is 9.23. The molecule has 1 fully saturated rings. The van der Waals surface area contributed by atoms with Gasteiger partial charge >= 0.3 is 6.03 Å². The first-order valence-corrected chi connectivity index (χ1v) is 5.60. The number of anilines is 1. The lowest BCUT2D eigenvalue weighted by Crippen LogP contribution is -2.35. The van der Waals surface area contributed by atoms with Crippen LogP contribution in [0.25, 0.3) is 0 Å². The number of hydrogen-bond acceptors (Lipinski definition) is 2. The van der Waals surface area contributed by atoms with Gasteiger partial charge in [-0.2, -0.15) is 0 Å². The molecule has 6 heteroatoms. The highest BCUT2D eigenvalue weighted by molar-refractivity contribution is 6.30. The summed E-state index contributed by atoms with van der Waals surface area (Å²) < 4.78 is 0. The van der Waals surface area contributed by atoms with Crippen molar-refractivity contribution in [3.8, 4) is 0 Å². The summed E-state index contributed by atoms with van der Waals surface area (Å²) in [4.78, 5) is 13.5. The topological polar surface area (TPSA) is 58.4 Å². The number of carbonyl (C=O) groups is 1. The molecule has 0 aliphatic carbocycles. The van der Waals surface area contributed by atoms with Crippen LogP contribution in [-0.2, 0) is 0 Å². The first-order chi connectivity index (χ1) is 7.65. The van der Waals surface area contributed by atoms with Gasteiger partial charge in [-0.25, -0.2) is 4.79 Å². The lowest BCUT2D eigenvalue weighted by molar-refractivity contribution is 0.222. The van der Waals surface area contributed by atoms with Crippen LogP contribution >= 0.6 is 24.0 Å². The normalized spacial score (nSPS) is 18.7. The van der Waals surface area contributed by atoms with Gasteiger partial charge in [0.05, 0.1) is 0 Å². The Balaban J connectivity index is 0.00000144. The quantitative estimate of drug-likeness (QED) is 0.827. The average Bonchev–Trinajstić information content (AvgIpc) is 2.68. The molecule has 1 aliphatic rings. The van der Waals surface area contributed by atoms with Gasteiger partial charge in [-0.3, -0.25) is 0 Å². The van der Waals surface area contributed by atoms with Crippen LogP contribution in [0.5, 0.6) is 0 Å². The predicted octanol–water partition coefficient (Wildman–Crippen LogP) is 2.33. The number of benzene rings is 1. The van der Waals surface area contributed by atoms with Crippen molar-refractivity contribution in [3.05, 3.63) is 29.3 Å². The van der Waals surface area contributed by atoms with E-state index in [2.05, 4.69) is 5.32 Å². The number of amides is 2. The summed E-state index contributed by atoms with van der Waals surface area (Å²) in [7, 11) is 0. The maximum atomic E-state index is 11.8. The third-order valence-electron chi connectivity index (χ3n) is 2.61. The molecular formula is C11H15Cl2N3O. The fraction of sp³-hybridized carbons (Fsp3) is 0.364. The summed E-state index contributed by atoms with van der Waals surface area (Å²) in [5.74, 6) is 0. The van der Waals surface area contributed by atoms with E-state index in [1.54, 1.807) is 29.2 Å². The lowest BCUT2D eigenvalue weighted by atomic mass is 10.3. The van der Waals surface area contributed by atoms with Crippen molar-refractivity contribution in [1.29, 1.82) is 0 Å². The Morgan fingerprint density at radius 1 is 1.41 bits per heavy atom. The Bertz CT molecular complexity index is 383. The number of hydrogen-bond donors (Lipinski definition) is 2. The molecule has 1 atom stereocenters. The minimum Gasteiger partial charge on any atom is -0.326 e. The molecule has 0 saturated carbocycles. The number of carbonyl (C=O) groups excluding carboxylic acids is 1. The Morgan fingerprint density at radius 2 is 2.06 bits per heavy atom. The van der Waals surface area contributed by atoms with E-state index in [4.69, 9.17) is 17.3 Å². The standard InChI is InChI=1S/C11H14ClN3O.ClH/c12-8-1-3-10(4-2-8)14-11(16)15-6-5-9(13)7-15;/h1-4,9H,5-7,13H2,(H,14,16);1H/t9-;/m0./s1. The summed E-state index contributed by atoms with van der Waals surface area (Å²) >= 11 is 5.75. The molecule has 0 radical (unpaired) electrons. The van der Waals surface area contributed by atoms with Crippen LogP contribution in [0.3, 0.4) is 0 Å². The first kappa shape index (κ1) is 14.1. The van der Waals surface area contributed by atoms with Crippen LogP contribution in [0.2, 0.25) is 5.02 Å². The van der Waals surface area contributed by atoms with Crippen molar-refractivity contribution in [2.45, 2.75) is 12.5 Å². The van der Waals surface area contributed by atoms with Gasteiger partial charge in [-0.15, -0.1) is 12.4 Å². The van der Waals surface area contributed by atoms with Crippen molar-refractivity contribution in [1.82, 2.24) is 4.90 Å². The average molecular weight is 276 g/mol. The van der Waals surface area contributed by atoms with E-state index in [9.17, 15) is 4.79 Å². The van der Waals surface area contributed by atoms with E-state index in [0.29, 0.717) is 11.6 Å². The SMILES string of the molecule is Cl.N[C@H]1CCN(C(=O)Nc2ccc(Cl)cc2)C1. The van der Waals surface area contributed by atoms with Crippen LogP contribution in [0, 0.1) is 0 Å². The van der Waals surface area contributed by atoms with E-state index in [1.807, 2.05) is 0 Å². The largest absolute Gasteiger partial charge is 0.326 e. The molecule has 1 aromatic rings. The van der Waals surface area contributed by atoms with E-state index in [1.165, 1.54) is 0 Å². The van der Waals surface area contributed by atoms with Crippen LogP contribution in [-0.4, -0.2) is 30.1 Å². The smallest absolute Gasteiger partial charge is 0.321 e. The fourth-order valence-corrected chi connectivity index (χ4v) is 1.83. The maximum Gasteiger partial charge on any atom is 0.321 e. The van der Waals surface area contributed by atoms with E-state index < -0.39 is 0 Å². The Labute approximate surface area is 112 Å². The van der Waals surface area contributed by atoms with Crippen molar-refractivity contribution < 1.29 is 4.79 Å². The molecule has 17 heavy (non-hydrogen) atoms. The van der Waals surface area contributed by atoms with Crippen LogP contribution in [0.1, 0.15) is 6.42 Å². The predicted molar refractivity (Wildman–Crippen MR) is 71.9 cm³/mol. The highest BCUT2D eigenvalue weighted by Crippen LogP contribution is 2.15. The maximum absolute atomic E-state index is 11.8. The highest BCUT2D eigenvalue weighted by Gasteiger charge is 2.23. The van der Waals surface area contributed by atoms with Gasteiger partial charge in [0.15, 0.2) is 0 Å². The number of nitrogens with zero attached hydrogens (tertiary/aromatic N) is 1. The number of urea groups is 1. The molecule has 94 valence electrons. The summed E-state index contributed by atoms with van der Waals surface area (Å²) in [6.07, 6.45) is 0.869. The third kappa shape index (κ3) is 3.77. The van der Waals surface area contributed by atoms with Crippen molar-refractivity contribution >= 4 is 35.7 Å². The second-order valence-electron chi connectivity index (χ2n) is 3.93. The summed E-state index contributed by atoms with van der Waals surface area (Å²) in [6, 6.07) is 7.04. The van der Waals surface area contributed by atoms with Crippen molar-refractivity contribution in [3.63, 3.8) is 0 Å². The van der Waals surface area contributed by atoms with Gasteiger partial charge in [0.1, 0.15) is 0 Å². The Hall–Kier alpha value is -0.970. The minimum atomic E-state index is -0.102. The number of rotatable bonds is 1. The Kier molecular flexibility index (Phi) is 5.05. The van der Waals surface area contributed by atoms with Gasteiger partial charge in [-0.05, 0) is 30.7 Å².